The molecule has 1 amide bonds. The number of nitrogens with zero attached hydrogens (tertiary/aromatic N) is 1. The van der Waals surface area contributed by atoms with Crippen molar-refractivity contribution in [1.82, 2.24) is 16.1 Å². The van der Waals surface area contributed by atoms with Gasteiger partial charge in [0.1, 0.15) is 6.54 Å². The molecular weight excluding hydrogens is 206 g/mol. The third kappa shape index (κ3) is 8.05. The lowest BCUT2D eigenvalue weighted by atomic mass is 10.2. The number of nitrogens with one attached hydrogen (secondary N) is 3. The van der Waals surface area contributed by atoms with Crippen LogP contribution in [0.4, 0.5) is 0 Å². The number of aliphatic imine (C=N–C) groups is 1. The Morgan fingerprint density at radius 2 is 2.06 bits per heavy atom. The summed E-state index contributed by atoms with van der Waals surface area (Å²) in [7, 11) is 0. The Labute approximate surface area is 97.0 Å². The van der Waals surface area contributed by atoms with E-state index in [1.807, 2.05) is 6.92 Å². The van der Waals surface area contributed by atoms with Crippen LogP contribution in [-0.2, 0) is 4.79 Å². The molecule has 0 rings (SSSR count). The molecule has 5 N–H and O–H groups in total. The monoisotopic (exact) mass is 229 g/mol. The highest BCUT2D eigenvalue weighted by molar-refractivity contribution is 5.84. The third-order valence-electron chi connectivity index (χ3n) is 1.77. The van der Waals surface area contributed by atoms with E-state index < -0.39 is 0 Å². The number of carbonyl (C=O) groups is 1. The average molecular weight is 229 g/mol. The van der Waals surface area contributed by atoms with Crippen LogP contribution < -0.4 is 21.9 Å². The number of hydrazine groups is 1. The summed E-state index contributed by atoms with van der Waals surface area (Å²) in [6, 6.07) is 0. The number of hydrogen-bond donors (Lipinski definition) is 4. The molecule has 0 aromatic rings. The summed E-state index contributed by atoms with van der Waals surface area (Å²) in [6.45, 7) is 7.69. The van der Waals surface area contributed by atoms with Crippen molar-refractivity contribution in [3.05, 3.63) is 0 Å². The van der Waals surface area contributed by atoms with Gasteiger partial charge in [-0.05, 0) is 12.3 Å². The van der Waals surface area contributed by atoms with Gasteiger partial charge in [-0.25, -0.2) is 10.8 Å². The highest BCUT2D eigenvalue weighted by Crippen LogP contribution is 1.86. The Morgan fingerprint density at radius 1 is 1.38 bits per heavy atom. The minimum absolute atomic E-state index is 0.0879. The second-order valence-electron chi connectivity index (χ2n) is 3.93. The van der Waals surface area contributed by atoms with Crippen molar-refractivity contribution >= 4 is 11.9 Å². The van der Waals surface area contributed by atoms with Crippen LogP contribution in [0.5, 0.6) is 0 Å². The van der Waals surface area contributed by atoms with E-state index in [1.54, 1.807) is 0 Å². The first-order valence-corrected chi connectivity index (χ1v) is 5.61. The van der Waals surface area contributed by atoms with Crippen molar-refractivity contribution in [2.24, 2.45) is 16.8 Å². The molecule has 94 valence electrons. The van der Waals surface area contributed by atoms with E-state index in [-0.39, 0.29) is 12.5 Å². The fraction of sp³-hybridized carbons (Fsp3) is 0.800. The van der Waals surface area contributed by atoms with Crippen LogP contribution in [0.3, 0.4) is 0 Å². The van der Waals surface area contributed by atoms with Gasteiger partial charge in [0.25, 0.3) is 0 Å². The molecule has 0 bridgehead atoms. The molecule has 0 aliphatic rings. The molecule has 0 spiro atoms. The van der Waals surface area contributed by atoms with Gasteiger partial charge in [0, 0.05) is 13.1 Å². The second kappa shape index (κ2) is 8.96. The Kier molecular flexibility index (Phi) is 8.24. The van der Waals surface area contributed by atoms with Crippen LogP contribution in [0, 0.1) is 5.92 Å². The van der Waals surface area contributed by atoms with Crippen LogP contribution in [0.25, 0.3) is 0 Å². The zero-order valence-electron chi connectivity index (χ0n) is 10.3. The Balaban J connectivity index is 3.91. The van der Waals surface area contributed by atoms with E-state index in [0.29, 0.717) is 18.4 Å². The zero-order chi connectivity index (χ0) is 12.4. The molecule has 6 heteroatoms. The lowest BCUT2D eigenvalue weighted by Crippen LogP contribution is -2.43. The number of nitrogens with two attached hydrogens (primary N) is 1. The summed E-state index contributed by atoms with van der Waals surface area (Å²) in [6.07, 6.45) is 0.920. The minimum atomic E-state index is -0.0963. The van der Waals surface area contributed by atoms with Crippen LogP contribution >= 0.6 is 0 Å². The summed E-state index contributed by atoms with van der Waals surface area (Å²) in [5, 5.41) is 5.75. The molecule has 0 saturated carbocycles. The van der Waals surface area contributed by atoms with Crippen molar-refractivity contribution in [3.8, 4) is 0 Å². The predicted octanol–water partition coefficient (Wildman–Crippen LogP) is -0.422. The lowest BCUT2D eigenvalue weighted by Gasteiger charge is -2.10. The molecule has 0 heterocycles. The summed E-state index contributed by atoms with van der Waals surface area (Å²) in [4.78, 5) is 15.3. The van der Waals surface area contributed by atoms with Crippen molar-refractivity contribution in [3.63, 3.8) is 0 Å². The number of amides is 1. The van der Waals surface area contributed by atoms with Gasteiger partial charge < -0.3 is 10.6 Å². The largest absolute Gasteiger partial charge is 0.355 e. The van der Waals surface area contributed by atoms with Crippen molar-refractivity contribution < 1.29 is 4.79 Å². The van der Waals surface area contributed by atoms with Gasteiger partial charge in [0.05, 0.1) is 0 Å². The summed E-state index contributed by atoms with van der Waals surface area (Å²) in [5.41, 5.74) is 2.43. The SMILES string of the molecule is CCCNC(=O)CN=C(NN)NCC(C)C. The average Bonchev–Trinajstić information content (AvgIpc) is 2.26. The Morgan fingerprint density at radius 3 is 2.56 bits per heavy atom. The molecule has 0 aliphatic carbocycles. The first kappa shape index (κ1) is 14.7. The molecular formula is C10H23N5O. The van der Waals surface area contributed by atoms with E-state index >= 15 is 0 Å². The van der Waals surface area contributed by atoms with Gasteiger partial charge in [-0.15, -0.1) is 0 Å². The number of rotatable bonds is 6. The molecule has 0 aromatic carbocycles. The lowest BCUT2D eigenvalue weighted by molar-refractivity contribution is -0.119. The van der Waals surface area contributed by atoms with Gasteiger partial charge in [-0.3, -0.25) is 10.2 Å². The van der Waals surface area contributed by atoms with Gasteiger partial charge in [-0.2, -0.15) is 0 Å². The van der Waals surface area contributed by atoms with E-state index in [0.717, 1.165) is 13.0 Å². The summed E-state index contributed by atoms with van der Waals surface area (Å²) < 4.78 is 0. The maximum absolute atomic E-state index is 11.2. The molecule has 0 fully saturated rings. The molecule has 0 atom stereocenters. The second-order valence-corrected chi connectivity index (χ2v) is 3.93. The standard InChI is InChI=1S/C10H23N5O/c1-4-5-12-9(16)7-14-10(15-11)13-6-8(2)3/h8H,4-7,11H2,1-3H3,(H,12,16)(H2,13,14,15). The molecule has 16 heavy (non-hydrogen) atoms. The molecule has 0 aromatic heterocycles. The van der Waals surface area contributed by atoms with E-state index in [2.05, 4.69) is 34.9 Å². The van der Waals surface area contributed by atoms with Crippen molar-refractivity contribution in [2.75, 3.05) is 19.6 Å². The topological polar surface area (TPSA) is 91.5 Å². The van der Waals surface area contributed by atoms with E-state index in [1.165, 1.54) is 0 Å². The Hall–Kier alpha value is -1.30. The van der Waals surface area contributed by atoms with Crippen LogP contribution in [0.2, 0.25) is 0 Å². The Bertz CT molecular complexity index is 227. The quantitative estimate of drug-likeness (QED) is 0.215. The van der Waals surface area contributed by atoms with Crippen LogP contribution in [-0.4, -0.2) is 31.5 Å². The predicted molar refractivity (Wildman–Crippen MR) is 65.8 cm³/mol. The minimum Gasteiger partial charge on any atom is -0.355 e. The van der Waals surface area contributed by atoms with Gasteiger partial charge >= 0.3 is 0 Å². The highest BCUT2D eigenvalue weighted by atomic mass is 16.1. The van der Waals surface area contributed by atoms with Gasteiger partial charge in [0.15, 0.2) is 0 Å². The maximum Gasteiger partial charge on any atom is 0.241 e. The molecule has 0 unspecified atom stereocenters. The normalized spacial score (nSPS) is 11.4. The molecule has 0 radical (unpaired) electrons. The summed E-state index contributed by atoms with van der Waals surface area (Å²) >= 11 is 0. The maximum atomic E-state index is 11.2. The molecule has 6 nitrogen and oxygen atoms in total. The van der Waals surface area contributed by atoms with Gasteiger partial charge in [-0.1, -0.05) is 20.8 Å². The molecule has 0 saturated heterocycles. The van der Waals surface area contributed by atoms with Crippen LogP contribution in [0.15, 0.2) is 4.99 Å². The first-order chi connectivity index (χ1) is 7.60. The first-order valence-electron chi connectivity index (χ1n) is 5.61. The van der Waals surface area contributed by atoms with Crippen molar-refractivity contribution in [1.29, 1.82) is 0 Å². The fourth-order valence-corrected chi connectivity index (χ4v) is 0.925. The summed E-state index contributed by atoms with van der Waals surface area (Å²) in [5.74, 6) is 6.11. The van der Waals surface area contributed by atoms with Crippen molar-refractivity contribution in [2.45, 2.75) is 27.2 Å². The van der Waals surface area contributed by atoms with E-state index in [9.17, 15) is 4.79 Å². The fourth-order valence-electron chi connectivity index (χ4n) is 0.925. The third-order valence-corrected chi connectivity index (χ3v) is 1.77. The van der Waals surface area contributed by atoms with E-state index in [4.69, 9.17) is 5.84 Å². The number of carbonyl (C=O) groups excluding carboxylic acids is 1. The smallest absolute Gasteiger partial charge is 0.241 e. The van der Waals surface area contributed by atoms with Crippen LogP contribution in [0.1, 0.15) is 27.2 Å². The van der Waals surface area contributed by atoms with Gasteiger partial charge in [0.2, 0.25) is 11.9 Å². The molecule has 0 aliphatic heterocycles. The highest BCUT2D eigenvalue weighted by Gasteiger charge is 2.01. The number of hydrogen-bond acceptors (Lipinski definition) is 3. The zero-order valence-corrected chi connectivity index (χ0v) is 10.3. The number of guanidine groups is 1.